The predicted octanol–water partition coefficient (Wildman–Crippen LogP) is 2.22. The number of carbonyl (C=O) groups is 1. The maximum absolute atomic E-state index is 12.9. The maximum Gasteiger partial charge on any atom is 0.274 e. The number of rotatable bonds is 2. The summed E-state index contributed by atoms with van der Waals surface area (Å²) in [6.07, 6.45) is 2.77. The molecule has 0 bridgehead atoms. The molecule has 2 aliphatic rings. The number of benzene rings is 1. The van der Waals surface area contributed by atoms with Crippen LogP contribution in [0.25, 0.3) is 5.69 Å². The van der Waals surface area contributed by atoms with Gasteiger partial charge in [-0.15, -0.1) is 0 Å². The third-order valence-corrected chi connectivity index (χ3v) is 5.72. The second kappa shape index (κ2) is 6.37. The summed E-state index contributed by atoms with van der Waals surface area (Å²) < 4.78 is 7.31. The lowest BCUT2D eigenvalue weighted by molar-refractivity contribution is 0.0315. The average molecular weight is 329 g/mol. The molecule has 3 heterocycles. The van der Waals surface area contributed by atoms with E-state index in [4.69, 9.17) is 4.74 Å². The van der Waals surface area contributed by atoms with Gasteiger partial charge in [-0.3, -0.25) is 4.79 Å². The summed E-state index contributed by atoms with van der Waals surface area (Å²) in [4.78, 5) is 14.9. The molecule has 2 fully saturated rings. The van der Waals surface area contributed by atoms with Gasteiger partial charge < -0.3 is 9.64 Å². The Morgan fingerprint density at radius 1 is 1.26 bits per heavy atom. The zero-order chi connectivity index (χ0) is 15.6. The molecule has 1 aromatic heterocycles. The van der Waals surface area contributed by atoms with Crippen molar-refractivity contribution in [2.24, 2.45) is 0 Å². The molecule has 2 aliphatic heterocycles. The van der Waals surface area contributed by atoms with E-state index in [0.717, 1.165) is 37.6 Å². The molecule has 0 N–H and O–H groups in total. The van der Waals surface area contributed by atoms with Gasteiger partial charge in [-0.25, -0.2) is 4.68 Å². The van der Waals surface area contributed by atoms with Crippen molar-refractivity contribution in [3.63, 3.8) is 0 Å². The molecule has 23 heavy (non-hydrogen) atoms. The number of carbonyl (C=O) groups excluding carboxylic acids is 1. The standard InChI is InChI=1S/C17H19N3O2S/c21-17(19-9-11-23-16-12-22-10-7-15(16)19)14-6-8-20(18-14)13-4-2-1-3-5-13/h1-6,8,15-16H,7,9-12H2/t15-,16+/m0/s1. The quantitative estimate of drug-likeness (QED) is 0.848. The highest BCUT2D eigenvalue weighted by atomic mass is 32.2. The average Bonchev–Trinajstić information content (AvgIpc) is 3.11. The number of fused-ring (bicyclic) bond motifs is 1. The zero-order valence-electron chi connectivity index (χ0n) is 12.8. The minimum absolute atomic E-state index is 0.0388. The number of hydrogen-bond donors (Lipinski definition) is 0. The Hall–Kier alpha value is -1.79. The Morgan fingerprint density at radius 2 is 2.13 bits per heavy atom. The van der Waals surface area contributed by atoms with Gasteiger partial charge in [0, 0.05) is 36.4 Å². The fourth-order valence-corrected chi connectivity index (χ4v) is 4.55. The second-order valence-electron chi connectivity index (χ2n) is 5.82. The van der Waals surface area contributed by atoms with Crippen molar-refractivity contribution >= 4 is 17.7 Å². The first-order valence-corrected chi connectivity index (χ1v) is 8.99. The van der Waals surface area contributed by atoms with E-state index in [9.17, 15) is 4.79 Å². The zero-order valence-corrected chi connectivity index (χ0v) is 13.6. The summed E-state index contributed by atoms with van der Waals surface area (Å²) in [6.45, 7) is 2.28. The highest BCUT2D eigenvalue weighted by molar-refractivity contribution is 8.00. The maximum atomic E-state index is 12.9. The molecule has 1 amide bonds. The van der Waals surface area contributed by atoms with Crippen LogP contribution in [-0.2, 0) is 4.74 Å². The Balaban J connectivity index is 1.56. The lowest BCUT2D eigenvalue weighted by Gasteiger charge is -2.43. The van der Waals surface area contributed by atoms with Crippen molar-refractivity contribution in [1.82, 2.24) is 14.7 Å². The number of para-hydroxylation sites is 1. The first-order chi connectivity index (χ1) is 11.3. The monoisotopic (exact) mass is 329 g/mol. The van der Waals surface area contributed by atoms with Crippen molar-refractivity contribution in [3.8, 4) is 5.69 Å². The van der Waals surface area contributed by atoms with E-state index in [-0.39, 0.29) is 11.9 Å². The van der Waals surface area contributed by atoms with Crippen LogP contribution in [0.4, 0.5) is 0 Å². The number of hydrogen-bond acceptors (Lipinski definition) is 4. The topological polar surface area (TPSA) is 47.4 Å². The summed E-state index contributed by atoms with van der Waals surface area (Å²) in [7, 11) is 0. The largest absolute Gasteiger partial charge is 0.380 e. The molecule has 120 valence electrons. The molecule has 4 rings (SSSR count). The lowest BCUT2D eigenvalue weighted by Crippen LogP contribution is -2.54. The Bertz CT molecular complexity index is 686. The van der Waals surface area contributed by atoms with Gasteiger partial charge in [0.2, 0.25) is 0 Å². The normalized spacial score (nSPS) is 24.3. The van der Waals surface area contributed by atoms with Crippen LogP contribution in [0.2, 0.25) is 0 Å². The summed E-state index contributed by atoms with van der Waals surface area (Å²) >= 11 is 1.92. The lowest BCUT2D eigenvalue weighted by atomic mass is 10.1. The van der Waals surface area contributed by atoms with Gasteiger partial charge in [-0.1, -0.05) is 18.2 Å². The smallest absolute Gasteiger partial charge is 0.274 e. The molecule has 5 nitrogen and oxygen atoms in total. The molecule has 0 aliphatic carbocycles. The molecular weight excluding hydrogens is 310 g/mol. The molecule has 0 spiro atoms. The minimum Gasteiger partial charge on any atom is -0.380 e. The van der Waals surface area contributed by atoms with Crippen molar-refractivity contribution in [2.75, 3.05) is 25.5 Å². The van der Waals surface area contributed by atoms with Crippen LogP contribution in [0.1, 0.15) is 16.9 Å². The van der Waals surface area contributed by atoms with Crippen molar-refractivity contribution < 1.29 is 9.53 Å². The molecule has 0 saturated carbocycles. The highest BCUT2D eigenvalue weighted by Crippen LogP contribution is 2.31. The van der Waals surface area contributed by atoms with Gasteiger partial charge in [0.25, 0.3) is 5.91 Å². The third-order valence-electron chi connectivity index (χ3n) is 4.42. The number of amides is 1. The molecule has 2 atom stereocenters. The summed E-state index contributed by atoms with van der Waals surface area (Å²) in [5.74, 6) is 1.01. The van der Waals surface area contributed by atoms with Crippen LogP contribution in [0.15, 0.2) is 42.6 Å². The van der Waals surface area contributed by atoms with E-state index >= 15 is 0 Å². The van der Waals surface area contributed by atoms with E-state index < -0.39 is 0 Å². The van der Waals surface area contributed by atoms with Gasteiger partial charge >= 0.3 is 0 Å². The summed E-state index contributed by atoms with van der Waals surface area (Å²) in [6, 6.07) is 11.9. The van der Waals surface area contributed by atoms with E-state index in [2.05, 4.69) is 5.10 Å². The number of ether oxygens (including phenoxy) is 1. The fourth-order valence-electron chi connectivity index (χ4n) is 3.25. The number of thioether (sulfide) groups is 1. The molecule has 6 heteroatoms. The summed E-state index contributed by atoms with van der Waals surface area (Å²) in [5, 5.41) is 4.88. The van der Waals surface area contributed by atoms with Crippen LogP contribution in [0.5, 0.6) is 0 Å². The molecule has 0 radical (unpaired) electrons. The van der Waals surface area contributed by atoms with Gasteiger partial charge in [0.15, 0.2) is 5.69 Å². The van der Waals surface area contributed by atoms with Crippen molar-refractivity contribution in [3.05, 3.63) is 48.3 Å². The van der Waals surface area contributed by atoms with Gasteiger partial charge in [-0.2, -0.15) is 16.9 Å². The Morgan fingerprint density at radius 3 is 3.00 bits per heavy atom. The Kier molecular flexibility index (Phi) is 4.10. The number of aromatic nitrogens is 2. The molecule has 1 aromatic carbocycles. The Labute approximate surface area is 139 Å². The number of nitrogens with zero attached hydrogens (tertiary/aromatic N) is 3. The van der Waals surface area contributed by atoms with Crippen LogP contribution >= 0.6 is 11.8 Å². The molecule has 2 aromatic rings. The van der Waals surface area contributed by atoms with Crippen molar-refractivity contribution in [2.45, 2.75) is 17.7 Å². The van der Waals surface area contributed by atoms with Crippen molar-refractivity contribution in [1.29, 1.82) is 0 Å². The molecule has 0 unspecified atom stereocenters. The van der Waals surface area contributed by atoms with E-state index in [0.29, 0.717) is 10.9 Å². The predicted molar refractivity (Wildman–Crippen MR) is 90.1 cm³/mol. The van der Waals surface area contributed by atoms with E-state index in [1.54, 1.807) is 4.68 Å². The third kappa shape index (κ3) is 2.88. The van der Waals surface area contributed by atoms with Crippen LogP contribution in [0.3, 0.4) is 0 Å². The second-order valence-corrected chi connectivity index (χ2v) is 7.17. The van der Waals surface area contributed by atoms with Crippen LogP contribution in [-0.4, -0.2) is 57.4 Å². The molecular formula is C17H19N3O2S. The SMILES string of the molecule is O=C(c1ccn(-c2ccccc2)n1)N1CCS[C@@H]2COCC[C@@H]21. The van der Waals surface area contributed by atoms with Crippen LogP contribution in [0, 0.1) is 0 Å². The van der Waals surface area contributed by atoms with Crippen LogP contribution < -0.4 is 0 Å². The summed E-state index contributed by atoms with van der Waals surface area (Å²) in [5.41, 5.74) is 1.48. The van der Waals surface area contributed by atoms with E-state index in [1.807, 2.05) is 59.3 Å². The first-order valence-electron chi connectivity index (χ1n) is 7.94. The highest BCUT2D eigenvalue weighted by Gasteiger charge is 2.37. The minimum atomic E-state index is 0.0388. The van der Waals surface area contributed by atoms with Gasteiger partial charge in [-0.05, 0) is 24.6 Å². The van der Waals surface area contributed by atoms with E-state index in [1.165, 1.54) is 0 Å². The van der Waals surface area contributed by atoms with Gasteiger partial charge in [0.1, 0.15) is 0 Å². The first kappa shape index (κ1) is 14.8. The van der Waals surface area contributed by atoms with Gasteiger partial charge in [0.05, 0.1) is 12.3 Å². The molecule has 2 saturated heterocycles. The fraction of sp³-hybridized carbons (Fsp3) is 0.412.